The number of nitrogens with zero attached hydrogens (tertiary/aromatic N) is 4. The molecular weight excluding hydrogens is 378 g/mol. The highest BCUT2D eigenvalue weighted by Gasteiger charge is 2.36. The van der Waals surface area contributed by atoms with Gasteiger partial charge in [0.05, 0.1) is 13.0 Å². The number of likely N-dealkylation sites (tertiary alicyclic amines) is 1. The second-order valence-corrected chi connectivity index (χ2v) is 8.66. The van der Waals surface area contributed by atoms with E-state index in [4.69, 9.17) is 4.74 Å². The minimum absolute atomic E-state index is 0.0911. The van der Waals surface area contributed by atoms with E-state index >= 15 is 0 Å². The van der Waals surface area contributed by atoms with E-state index in [0.29, 0.717) is 6.54 Å². The van der Waals surface area contributed by atoms with Crippen LogP contribution in [-0.2, 0) is 22.6 Å². The van der Waals surface area contributed by atoms with Crippen molar-refractivity contribution < 1.29 is 9.53 Å². The average Bonchev–Trinajstić information content (AvgIpc) is 3.02. The molecule has 2 fully saturated rings. The van der Waals surface area contributed by atoms with Gasteiger partial charge < -0.3 is 19.9 Å². The molecule has 0 radical (unpaired) electrons. The Bertz CT molecular complexity index is 721. The van der Waals surface area contributed by atoms with Crippen LogP contribution in [0.4, 0.5) is 0 Å². The third kappa shape index (κ3) is 5.95. The Hall–Kier alpha value is -2.12. The Morgan fingerprint density at radius 1 is 1.13 bits per heavy atom. The number of hydrogen-bond donors (Lipinski definition) is 1. The van der Waals surface area contributed by atoms with Crippen LogP contribution in [-0.4, -0.2) is 87.1 Å². The Labute approximate surface area is 181 Å². The Kier molecular flexibility index (Phi) is 8.10. The molecule has 2 unspecified atom stereocenters. The minimum Gasteiger partial charge on any atom is -0.469 e. The molecule has 166 valence electrons. The molecule has 0 bridgehead atoms. The number of carbonyl (C=O) groups excluding carboxylic acids is 1. The first-order chi connectivity index (χ1) is 14.5. The molecule has 3 rings (SSSR count). The Morgan fingerprint density at radius 2 is 1.87 bits per heavy atom. The van der Waals surface area contributed by atoms with E-state index in [1.807, 2.05) is 0 Å². The lowest BCUT2D eigenvalue weighted by atomic mass is 9.99. The van der Waals surface area contributed by atoms with Gasteiger partial charge in [0.25, 0.3) is 0 Å². The van der Waals surface area contributed by atoms with Crippen molar-refractivity contribution in [1.82, 2.24) is 20.0 Å². The second-order valence-electron chi connectivity index (χ2n) is 8.66. The van der Waals surface area contributed by atoms with Crippen molar-refractivity contribution in [2.24, 2.45) is 16.8 Å². The number of rotatable bonds is 5. The number of carbonyl (C=O) groups is 1. The molecule has 2 aliphatic rings. The van der Waals surface area contributed by atoms with Crippen LogP contribution < -0.4 is 5.32 Å². The lowest BCUT2D eigenvalue weighted by Gasteiger charge is -2.22. The third-order valence-corrected chi connectivity index (χ3v) is 6.32. The van der Waals surface area contributed by atoms with Gasteiger partial charge in [0.1, 0.15) is 0 Å². The quantitative estimate of drug-likeness (QED) is 0.448. The fourth-order valence-electron chi connectivity index (χ4n) is 4.39. The SMILES string of the molecule is CN=C(NCc1ccc(CN2CCCN(C)CC2)cc1)N1CC(C)C(C(=O)OC)C1. The zero-order chi connectivity index (χ0) is 21.5. The maximum Gasteiger partial charge on any atom is 0.310 e. The van der Waals surface area contributed by atoms with E-state index in [9.17, 15) is 4.79 Å². The van der Waals surface area contributed by atoms with Gasteiger partial charge in [0.2, 0.25) is 0 Å². The number of aliphatic imine (C=N–C) groups is 1. The summed E-state index contributed by atoms with van der Waals surface area (Å²) < 4.78 is 4.94. The predicted octanol–water partition coefficient (Wildman–Crippen LogP) is 1.64. The van der Waals surface area contributed by atoms with Gasteiger partial charge in [-0.25, -0.2) is 0 Å². The molecule has 7 nitrogen and oxygen atoms in total. The molecule has 0 amide bonds. The molecule has 1 aromatic carbocycles. The van der Waals surface area contributed by atoms with Gasteiger partial charge in [-0.3, -0.25) is 14.7 Å². The van der Waals surface area contributed by atoms with Crippen LogP contribution in [0.3, 0.4) is 0 Å². The molecular formula is C23H37N5O2. The first-order valence-electron chi connectivity index (χ1n) is 11.0. The van der Waals surface area contributed by atoms with Gasteiger partial charge >= 0.3 is 5.97 Å². The van der Waals surface area contributed by atoms with E-state index in [-0.39, 0.29) is 17.8 Å². The van der Waals surface area contributed by atoms with E-state index in [1.165, 1.54) is 37.7 Å². The van der Waals surface area contributed by atoms with Crippen LogP contribution in [0.1, 0.15) is 24.5 Å². The van der Waals surface area contributed by atoms with Crippen LogP contribution in [0, 0.1) is 11.8 Å². The van der Waals surface area contributed by atoms with Crippen molar-refractivity contribution in [2.75, 3.05) is 60.5 Å². The van der Waals surface area contributed by atoms with Crippen LogP contribution in [0.15, 0.2) is 29.3 Å². The van der Waals surface area contributed by atoms with Gasteiger partial charge in [-0.2, -0.15) is 0 Å². The van der Waals surface area contributed by atoms with Crippen molar-refractivity contribution in [3.05, 3.63) is 35.4 Å². The van der Waals surface area contributed by atoms with Crippen molar-refractivity contribution in [2.45, 2.75) is 26.4 Å². The molecule has 2 saturated heterocycles. The topological polar surface area (TPSA) is 60.4 Å². The summed E-state index contributed by atoms with van der Waals surface area (Å²) in [6.45, 7) is 9.93. The number of guanidine groups is 1. The number of likely N-dealkylation sites (N-methyl/N-ethyl adjacent to an activating group) is 1. The summed E-state index contributed by atoms with van der Waals surface area (Å²) in [7, 11) is 5.46. The molecule has 1 aromatic rings. The van der Waals surface area contributed by atoms with Crippen LogP contribution in [0.5, 0.6) is 0 Å². The van der Waals surface area contributed by atoms with Gasteiger partial charge in [0, 0.05) is 46.3 Å². The van der Waals surface area contributed by atoms with E-state index < -0.39 is 0 Å². The fraction of sp³-hybridized carbons (Fsp3) is 0.652. The zero-order valence-electron chi connectivity index (χ0n) is 18.9. The summed E-state index contributed by atoms with van der Waals surface area (Å²) in [5.74, 6) is 0.874. The third-order valence-electron chi connectivity index (χ3n) is 6.32. The number of ether oxygens (including phenoxy) is 1. The standard InChI is InChI=1S/C23H37N5O2/c1-18-15-28(17-21(18)22(29)30-4)23(24-2)25-14-19-6-8-20(9-7-19)16-27-11-5-10-26(3)12-13-27/h6-9,18,21H,5,10-17H2,1-4H3,(H,24,25). The maximum atomic E-state index is 12.0. The van der Waals surface area contributed by atoms with Crippen LogP contribution in [0.2, 0.25) is 0 Å². The monoisotopic (exact) mass is 415 g/mol. The molecule has 2 heterocycles. The van der Waals surface area contributed by atoms with Crippen molar-refractivity contribution in [3.8, 4) is 0 Å². The molecule has 0 aliphatic carbocycles. The Morgan fingerprint density at radius 3 is 2.57 bits per heavy atom. The number of methoxy groups -OCH3 is 1. The second kappa shape index (κ2) is 10.8. The number of benzene rings is 1. The number of hydrogen-bond acceptors (Lipinski definition) is 5. The summed E-state index contributed by atoms with van der Waals surface area (Å²) in [5, 5.41) is 3.45. The van der Waals surface area contributed by atoms with Crippen LogP contribution >= 0.6 is 0 Å². The Balaban J connectivity index is 1.50. The van der Waals surface area contributed by atoms with E-state index in [1.54, 1.807) is 7.05 Å². The first kappa shape index (κ1) is 22.6. The van der Waals surface area contributed by atoms with Crippen molar-refractivity contribution in [1.29, 1.82) is 0 Å². The first-order valence-corrected chi connectivity index (χ1v) is 11.0. The number of nitrogens with one attached hydrogen (secondary N) is 1. The molecule has 1 N–H and O–H groups in total. The van der Waals surface area contributed by atoms with E-state index in [0.717, 1.165) is 38.7 Å². The normalized spacial score (nSPS) is 24.0. The van der Waals surface area contributed by atoms with Crippen molar-refractivity contribution in [3.63, 3.8) is 0 Å². The smallest absolute Gasteiger partial charge is 0.310 e. The molecule has 2 aliphatic heterocycles. The molecule has 7 heteroatoms. The fourth-order valence-corrected chi connectivity index (χ4v) is 4.39. The summed E-state index contributed by atoms with van der Waals surface area (Å²) in [4.78, 5) is 23.5. The summed E-state index contributed by atoms with van der Waals surface area (Å²) in [5.41, 5.74) is 2.59. The summed E-state index contributed by atoms with van der Waals surface area (Å²) in [6, 6.07) is 8.87. The summed E-state index contributed by atoms with van der Waals surface area (Å²) in [6.07, 6.45) is 1.24. The van der Waals surface area contributed by atoms with Crippen molar-refractivity contribution >= 4 is 11.9 Å². The van der Waals surface area contributed by atoms with Gasteiger partial charge in [-0.1, -0.05) is 31.2 Å². The lowest BCUT2D eigenvalue weighted by Crippen LogP contribution is -2.40. The average molecular weight is 416 g/mol. The highest BCUT2D eigenvalue weighted by atomic mass is 16.5. The zero-order valence-corrected chi connectivity index (χ0v) is 18.9. The van der Waals surface area contributed by atoms with E-state index in [2.05, 4.69) is 63.2 Å². The molecule has 30 heavy (non-hydrogen) atoms. The van der Waals surface area contributed by atoms with Gasteiger partial charge in [-0.15, -0.1) is 0 Å². The van der Waals surface area contributed by atoms with Crippen LogP contribution in [0.25, 0.3) is 0 Å². The maximum absolute atomic E-state index is 12.0. The van der Waals surface area contributed by atoms with Gasteiger partial charge in [0.15, 0.2) is 5.96 Å². The lowest BCUT2D eigenvalue weighted by molar-refractivity contribution is -0.145. The number of esters is 1. The molecule has 0 spiro atoms. The van der Waals surface area contributed by atoms with Gasteiger partial charge in [-0.05, 0) is 43.6 Å². The highest BCUT2D eigenvalue weighted by molar-refractivity contribution is 5.82. The minimum atomic E-state index is -0.132. The largest absolute Gasteiger partial charge is 0.469 e. The summed E-state index contributed by atoms with van der Waals surface area (Å²) >= 11 is 0. The highest BCUT2D eigenvalue weighted by Crippen LogP contribution is 2.24. The predicted molar refractivity (Wildman–Crippen MR) is 120 cm³/mol. The molecule has 0 saturated carbocycles. The molecule has 0 aromatic heterocycles. The molecule has 2 atom stereocenters.